The second kappa shape index (κ2) is 17.5. The van der Waals surface area contributed by atoms with Crippen molar-refractivity contribution in [2.45, 2.75) is 0 Å². The highest BCUT2D eigenvalue weighted by molar-refractivity contribution is 8.93. The molecule has 0 amide bonds. The highest BCUT2D eigenvalue weighted by Gasteiger charge is 1.65. The van der Waals surface area contributed by atoms with Crippen molar-refractivity contribution < 1.29 is 10.3 Å². The van der Waals surface area contributed by atoms with Crippen LogP contribution in [0.15, 0.2) is 0 Å². The van der Waals surface area contributed by atoms with E-state index in [-0.39, 0.29) is 29.3 Å². The Kier molecular flexibility index (Phi) is 76.7. The van der Waals surface area contributed by atoms with E-state index in [2.05, 4.69) is 0 Å². The Bertz CT molecular complexity index is 33.2. The third-order valence-corrected chi connectivity index (χ3v) is 0. The van der Waals surface area contributed by atoms with Crippen LogP contribution in [0.2, 0.25) is 0 Å². The van der Waals surface area contributed by atoms with Gasteiger partial charge in [0.15, 0.2) is 0 Å². The van der Waals surface area contributed by atoms with Crippen LogP contribution in [0.3, 0.4) is 0 Å². The van der Waals surface area contributed by atoms with Crippen LogP contribution in [0.1, 0.15) is 0 Å². The Balaban J connectivity index is -0.0000000150. The maximum absolute atomic E-state index is 8.36. The van der Waals surface area contributed by atoms with E-state index in [0.717, 1.165) is 0 Å². The lowest BCUT2D eigenvalue weighted by Crippen LogP contribution is -1.81. The van der Waals surface area contributed by atoms with Crippen molar-refractivity contribution in [1.82, 2.24) is 12.3 Å². The smallest absolute Gasteiger partial charge is 0.291 e. The van der Waals surface area contributed by atoms with E-state index in [9.17, 15) is 0 Å². The minimum atomic E-state index is -1.50. The molecular formula is H8BrN3O3. The van der Waals surface area contributed by atoms with E-state index in [1.807, 2.05) is 0 Å². The molecule has 7 heteroatoms. The molecule has 0 bridgehead atoms. The van der Waals surface area contributed by atoms with Gasteiger partial charge in [0.05, 0.1) is 0 Å². The third kappa shape index (κ3) is 454. The lowest BCUT2D eigenvalue weighted by molar-refractivity contribution is -0.742. The molecule has 6 nitrogen and oxygen atoms in total. The zero-order valence-corrected chi connectivity index (χ0v) is 5.25. The van der Waals surface area contributed by atoms with Crippen LogP contribution in [0, 0.1) is 10.1 Å². The highest BCUT2D eigenvalue weighted by Crippen LogP contribution is 1.38. The molecule has 0 aliphatic carbocycles. The molecule has 0 saturated heterocycles. The van der Waals surface area contributed by atoms with Crippen LogP contribution in [0.4, 0.5) is 0 Å². The highest BCUT2D eigenvalue weighted by atomic mass is 79.9. The summed E-state index contributed by atoms with van der Waals surface area (Å²) in [5.41, 5.74) is 0. The Morgan fingerprint density at radius 2 is 1.43 bits per heavy atom. The summed E-state index contributed by atoms with van der Waals surface area (Å²) in [6.07, 6.45) is 0. The maximum Gasteiger partial charge on any atom is 0.291 e. The van der Waals surface area contributed by atoms with Crippen LogP contribution in [-0.4, -0.2) is 10.3 Å². The van der Waals surface area contributed by atoms with Gasteiger partial charge in [0.25, 0.3) is 5.09 Å². The van der Waals surface area contributed by atoms with Crippen LogP contribution >= 0.6 is 17.0 Å². The van der Waals surface area contributed by atoms with Gasteiger partial charge >= 0.3 is 0 Å². The minimum absolute atomic E-state index is 0. The summed E-state index contributed by atoms with van der Waals surface area (Å²) in [7, 11) is 0. The van der Waals surface area contributed by atoms with Gasteiger partial charge in [0, 0.05) is 0 Å². The van der Waals surface area contributed by atoms with Gasteiger partial charge in [0.1, 0.15) is 0 Å². The van der Waals surface area contributed by atoms with Crippen molar-refractivity contribution in [2.24, 2.45) is 0 Å². The first kappa shape index (κ1) is 30.6. The normalized spacial score (nSPS) is 3.43. The van der Waals surface area contributed by atoms with Crippen molar-refractivity contribution in [3.05, 3.63) is 10.1 Å². The quantitative estimate of drug-likeness (QED) is 0.367. The number of nitrogens with zero attached hydrogens (tertiary/aromatic N) is 1. The van der Waals surface area contributed by atoms with E-state index in [1.165, 1.54) is 0 Å². The van der Waals surface area contributed by atoms with Gasteiger partial charge in [0.2, 0.25) is 0 Å². The molecule has 7 heavy (non-hydrogen) atoms. The van der Waals surface area contributed by atoms with Crippen LogP contribution in [-0.2, 0) is 0 Å². The van der Waals surface area contributed by atoms with Gasteiger partial charge in [-0.2, -0.15) is 0 Å². The maximum atomic E-state index is 8.36. The molecule has 0 aliphatic heterocycles. The number of hydrogen-bond donors (Lipinski definition) is 3. The predicted octanol–water partition coefficient (Wildman–Crippen LogP) is 0.554. The van der Waals surface area contributed by atoms with E-state index in [1.54, 1.807) is 0 Å². The zero-order chi connectivity index (χ0) is 3.58. The Labute approximate surface area is 50.6 Å². The molecule has 0 aromatic rings. The van der Waals surface area contributed by atoms with Gasteiger partial charge in [-0.1, -0.05) is 0 Å². The van der Waals surface area contributed by atoms with E-state index < -0.39 is 5.09 Å². The molecule has 0 aromatic carbocycles. The lowest BCUT2D eigenvalue weighted by Gasteiger charge is -1.56. The first-order valence-corrected chi connectivity index (χ1v) is 0.565. The van der Waals surface area contributed by atoms with Crippen molar-refractivity contribution >= 4 is 17.0 Å². The molecule has 0 aromatic heterocycles. The predicted molar refractivity (Wildman–Crippen MR) is 29.1 cm³/mol. The van der Waals surface area contributed by atoms with Crippen LogP contribution in [0.5, 0.6) is 0 Å². The summed E-state index contributed by atoms with van der Waals surface area (Å²) in [6.45, 7) is 0. The Morgan fingerprint density at radius 3 is 1.43 bits per heavy atom. The standard InChI is InChI=1S/BrH.HNO3.2H3N/c;2-1(3)4;;/h1H;(H,2,3,4);2*1H3. The summed E-state index contributed by atoms with van der Waals surface area (Å²) in [6, 6.07) is 0. The van der Waals surface area contributed by atoms with Crippen LogP contribution < -0.4 is 12.3 Å². The molecule has 7 N–H and O–H groups in total. The topological polar surface area (TPSA) is 133 Å². The van der Waals surface area contributed by atoms with Gasteiger partial charge in [-0.25, -0.2) is 0 Å². The van der Waals surface area contributed by atoms with Gasteiger partial charge < -0.3 is 17.5 Å². The second-order valence-electron chi connectivity index (χ2n) is 0.238. The molecule has 0 aliphatic rings. The third-order valence-electron chi connectivity index (χ3n) is 0. The Hall–Kier alpha value is -0.400. The molecule has 48 valence electrons. The molecule has 0 fully saturated rings. The van der Waals surface area contributed by atoms with Gasteiger partial charge in [-0.3, -0.25) is 0 Å². The fourth-order valence-electron chi connectivity index (χ4n) is 0. The van der Waals surface area contributed by atoms with Gasteiger partial charge in [-0.05, 0) is 0 Å². The lowest BCUT2D eigenvalue weighted by atomic mass is 13.1. The van der Waals surface area contributed by atoms with Crippen molar-refractivity contribution in [1.29, 1.82) is 0 Å². The summed E-state index contributed by atoms with van der Waals surface area (Å²) in [4.78, 5) is 8.36. The number of rotatable bonds is 0. The summed E-state index contributed by atoms with van der Waals surface area (Å²) < 4.78 is 0. The molecule has 0 saturated carbocycles. The van der Waals surface area contributed by atoms with E-state index in [0.29, 0.717) is 0 Å². The fraction of sp³-hybridized carbons (Fsp3) is 0. The fourth-order valence-corrected chi connectivity index (χ4v) is 0. The van der Waals surface area contributed by atoms with Crippen molar-refractivity contribution in [3.63, 3.8) is 0 Å². The SMILES string of the molecule is Br.N.N.O=[N+]([O-])O. The summed E-state index contributed by atoms with van der Waals surface area (Å²) in [5.74, 6) is 0. The molecule has 0 spiro atoms. The second-order valence-corrected chi connectivity index (χ2v) is 0.238. The molecule has 0 atom stereocenters. The molecule has 0 radical (unpaired) electrons. The summed E-state index contributed by atoms with van der Waals surface area (Å²) in [5, 5.41) is 13.6. The van der Waals surface area contributed by atoms with Crippen molar-refractivity contribution in [2.75, 3.05) is 0 Å². The molecule has 0 unspecified atom stereocenters. The number of hydrogen-bond acceptors (Lipinski definition) is 4. The van der Waals surface area contributed by atoms with E-state index in [4.69, 9.17) is 15.3 Å². The number of halogens is 1. The van der Waals surface area contributed by atoms with Crippen LogP contribution in [0.25, 0.3) is 0 Å². The molecule has 0 rings (SSSR count). The van der Waals surface area contributed by atoms with Gasteiger partial charge in [-0.15, -0.1) is 27.1 Å². The average Bonchev–Trinajstić information content (AvgIpc) is 0.811. The first-order chi connectivity index (χ1) is 1.73. The minimum Gasteiger partial charge on any atom is -0.344 e. The van der Waals surface area contributed by atoms with E-state index >= 15 is 0 Å². The first-order valence-electron chi connectivity index (χ1n) is 0.565. The average molecular weight is 178 g/mol. The molecular weight excluding hydrogens is 170 g/mol. The largest absolute Gasteiger partial charge is 0.344 e. The molecule has 0 heterocycles. The zero-order valence-electron chi connectivity index (χ0n) is 3.53. The monoisotopic (exact) mass is 177 g/mol. The Morgan fingerprint density at radius 1 is 1.43 bits per heavy atom. The summed E-state index contributed by atoms with van der Waals surface area (Å²) >= 11 is 0. The van der Waals surface area contributed by atoms with Crippen molar-refractivity contribution in [3.8, 4) is 0 Å².